The molecule has 1 aliphatic heterocycles. The third-order valence-electron chi connectivity index (χ3n) is 3.84. The molecule has 2 aromatic rings. The Labute approximate surface area is 148 Å². The second-order valence-corrected chi connectivity index (χ2v) is 6.94. The lowest BCUT2D eigenvalue weighted by molar-refractivity contribution is 0.199. The largest absolute Gasteiger partial charge is 0.487 e. The first-order chi connectivity index (χ1) is 10.7. The SMILES string of the molecule is Cc1nc(COc2ccc(CN3CCN[C@@H](C)C3)cc2)cs1.Cl. The molecule has 1 fully saturated rings. The summed E-state index contributed by atoms with van der Waals surface area (Å²) >= 11 is 1.66. The van der Waals surface area contributed by atoms with Gasteiger partial charge in [0.25, 0.3) is 0 Å². The Balaban J connectivity index is 0.00000192. The number of rotatable bonds is 5. The first-order valence-electron chi connectivity index (χ1n) is 7.77. The summed E-state index contributed by atoms with van der Waals surface area (Å²) in [7, 11) is 0. The van der Waals surface area contributed by atoms with Crippen molar-refractivity contribution in [1.82, 2.24) is 15.2 Å². The van der Waals surface area contributed by atoms with Crippen LogP contribution in [0.3, 0.4) is 0 Å². The van der Waals surface area contributed by atoms with Crippen LogP contribution in [0, 0.1) is 6.92 Å². The fraction of sp³-hybridized carbons (Fsp3) is 0.471. The number of hydrogen-bond acceptors (Lipinski definition) is 5. The molecule has 1 aromatic carbocycles. The molecule has 0 saturated carbocycles. The predicted octanol–water partition coefficient (Wildman–Crippen LogP) is 3.25. The van der Waals surface area contributed by atoms with E-state index in [0.717, 1.165) is 42.6 Å². The number of nitrogens with zero attached hydrogens (tertiary/aromatic N) is 2. The Bertz CT molecular complexity index is 602. The van der Waals surface area contributed by atoms with E-state index in [2.05, 4.69) is 51.8 Å². The molecule has 1 aromatic heterocycles. The molecule has 0 spiro atoms. The van der Waals surface area contributed by atoms with E-state index >= 15 is 0 Å². The highest BCUT2D eigenvalue weighted by Gasteiger charge is 2.15. The lowest BCUT2D eigenvalue weighted by Crippen LogP contribution is -2.48. The maximum atomic E-state index is 5.79. The van der Waals surface area contributed by atoms with Crippen molar-refractivity contribution >= 4 is 23.7 Å². The lowest BCUT2D eigenvalue weighted by atomic mass is 10.1. The van der Waals surface area contributed by atoms with Gasteiger partial charge in [-0.15, -0.1) is 23.7 Å². The Kier molecular flexibility index (Phi) is 6.84. The number of thiazole rings is 1. The van der Waals surface area contributed by atoms with Gasteiger partial charge in [0.1, 0.15) is 12.4 Å². The second kappa shape index (κ2) is 8.64. The average molecular weight is 354 g/mol. The summed E-state index contributed by atoms with van der Waals surface area (Å²) in [4.78, 5) is 6.90. The van der Waals surface area contributed by atoms with Crippen LogP contribution in [-0.2, 0) is 13.2 Å². The van der Waals surface area contributed by atoms with Crippen LogP contribution in [0.1, 0.15) is 23.2 Å². The number of aromatic nitrogens is 1. The molecule has 0 bridgehead atoms. The van der Waals surface area contributed by atoms with Crippen LogP contribution in [-0.4, -0.2) is 35.6 Å². The van der Waals surface area contributed by atoms with E-state index in [4.69, 9.17) is 4.74 Å². The standard InChI is InChI=1S/C17H23N3OS.ClH/c1-13-9-20(8-7-18-13)10-15-3-5-17(6-4-15)21-11-16-12-22-14(2)19-16;/h3-6,12-13,18H,7-11H2,1-2H3;1H/t13-;/m0./s1. The van der Waals surface area contributed by atoms with Gasteiger partial charge in [-0.25, -0.2) is 4.98 Å². The average Bonchev–Trinajstić information content (AvgIpc) is 2.92. The van der Waals surface area contributed by atoms with Crippen molar-refractivity contribution in [2.24, 2.45) is 0 Å². The van der Waals surface area contributed by atoms with Gasteiger partial charge in [-0.2, -0.15) is 0 Å². The highest BCUT2D eigenvalue weighted by atomic mass is 35.5. The number of benzene rings is 1. The Morgan fingerprint density at radius 3 is 2.78 bits per heavy atom. The molecular formula is C17H24ClN3OS. The first-order valence-corrected chi connectivity index (χ1v) is 8.65. The quantitative estimate of drug-likeness (QED) is 0.895. The van der Waals surface area contributed by atoms with Crippen molar-refractivity contribution in [1.29, 1.82) is 0 Å². The van der Waals surface area contributed by atoms with E-state index in [9.17, 15) is 0 Å². The van der Waals surface area contributed by atoms with Gasteiger partial charge < -0.3 is 10.1 Å². The van der Waals surface area contributed by atoms with Crippen LogP contribution in [0.2, 0.25) is 0 Å². The van der Waals surface area contributed by atoms with Crippen LogP contribution in [0.5, 0.6) is 5.75 Å². The summed E-state index contributed by atoms with van der Waals surface area (Å²) in [6.07, 6.45) is 0. The van der Waals surface area contributed by atoms with E-state index in [1.165, 1.54) is 5.56 Å². The van der Waals surface area contributed by atoms with Crippen LogP contribution >= 0.6 is 23.7 Å². The summed E-state index contributed by atoms with van der Waals surface area (Å²) in [6.45, 7) is 9.11. The van der Waals surface area contributed by atoms with Gasteiger partial charge in [-0.1, -0.05) is 12.1 Å². The minimum atomic E-state index is 0. The van der Waals surface area contributed by atoms with Gasteiger partial charge in [0, 0.05) is 37.6 Å². The van der Waals surface area contributed by atoms with Crippen molar-refractivity contribution < 1.29 is 4.74 Å². The fourth-order valence-electron chi connectivity index (χ4n) is 2.74. The topological polar surface area (TPSA) is 37.4 Å². The second-order valence-electron chi connectivity index (χ2n) is 5.88. The Morgan fingerprint density at radius 1 is 1.35 bits per heavy atom. The molecule has 1 aliphatic rings. The van der Waals surface area contributed by atoms with E-state index in [0.29, 0.717) is 12.6 Å². The van der Waals surface area contributed by atoms with Crippen molar-refractivity contribution in [2.45, 2.75) is 33.0 Å². The number of ether oxygens (including phenoxy) is 1. The fourth-order valence-corrected chi connectivity index (χ4v) is 3.33. The van der Waals surface area contributed by atoms with E-state index in [1.54, 1.807) is 11.3 Å². The molecule has 4 nitrogen and oxygen atoms in total. The van der Waals surface area contributed by atoms with Crippen LogP contribution < -0.4 is 10.1 Å². The van der Waals surface area contributed by atoms with Gasteiger partial charge >= 0.3 is 0 Å². The Morgan fingerprint density at radius 2 is 2.13 bits per heavy atom. The molecule has 126 valence electrons. The zero-order chi connectivity index (χ0) is 15.4. The monoisotopic (exact) mass is 353 g/mol. The minimum Gasteiger partial charge on any atom is -0.487 e. The molecule has 6 heteroatoms. The van der Waals surface area contributed by atoms with Crippen molar-refractivity contribution in [3.63, 3.8) is 0 Å². The van der Waals surface area contributed by atoms with E-state index < -0.39 is 0 Å². The molecule has 0 radical (unpaired) electrons. The molecule has 0 amide bonds. The van der Waals surface area contributed by atoms with E-state index in [-0.39, 0.29) is 12.4 Å². The molecule has 1 N–H and O–H groups in total. The van der Waals surface area contributed by atoms with Gasteiger partial charge in [-0.3, -0.25) is 4.90 Å². The summed E-state index contributed by atoms with van der Waals surface area (Å²) in [6, 6.07) is 9.01. The van der Waals surface area contributed by atoms with Crippen LogP contribution in [0.15, 0.2) is 29.6 Å². The molecule has 0 unspecified atom stereocenters. The van der Waals surface area contributed by atoms with Gasteiger partial charge in [0.15, 0.2) is 0 Å². The maximum Gasteiger partial charge on any atom is 0.131 e. The van der Waals surface area contributed by atoms with Crippen LogP contribution in [0.25, 0.3) is 0 Å². The number of nitrogens with one attached hydrogen (secondary N) is 1. The number of aryl methyl sites for hydroxylation is 1. The predicted molar refractivity (Wildman–Crippen MR) is 97.6 cm³/mol. The van der Waals surface area contributed by atoms with Crippen molar-refractivity contribution in [3.05, 3.63) is 45.9 Å². The molecule has 2 heterocycles. The van der Waals surface area contributed by atoms with Gasteiger partial charge in [-0.05, 0) is 31.5 Å². The highest BCUT2D eigenvalue weighted by Crippen LogP contribution is 2.17. The van der Waals surface area contributed by atoms with Crippen molar-refractivity contribution in [3.8, 4) is 5.75 Å². The smallest absolute Gasteiger partial charge is 0.131 e. The number of halogens is 1. The number of piperazine rings is 1. The van der Waals surface area contributed by atoms with Crippen molar-refractivity contribution in [2.75, 3.05) is 19.6 Å². The summed E-state index contributed by atoms with van der Waals surface area (Å²) in [5, 5.41) is 6.61. The first kappa shape index (κ1) is 18.2. The normalized spacial score (nSPS) is 18.4. The zero-order valence-electron chi connectivity index (χ0n) is 13.6. The molecule has 1 atom stereocenters. The molecule has 1 saturated heterocycles. The molecule has 0 aliphatic carbocycles. The molecule has 3 rings (SSSR count). The minimum absolute atomic E-state index is 0. The third-order valence-corrected chi connectivity index (χ3v) is 4.66. The highest BCUT2D eigenvalue weighted by molar-refractivity contribution is 7.09. The lowest BCUT2D eigenvalue weighted by Gasteiger charge is -2.31. The summed E-state index contributed by atoms with van der Waals surface area (Å²) in [5.41, 5.74) is 2.34. The molecular weight excluding hydrogens is 330 g/mol. The zero-order valence-corrected chi connectivity index (χ0v) is 15.3. The Hall–Kier alpha value is -1.14. The third kappa shape index (κ3) is 5.46. The van der Waals surface area contributed by atoms with Gasteiger partial charge in [0.05, 0.1) is 10.7 Å². The summed E-state index contributed by atoms with van der Waals surface area (Å²) < 4.78 is 5.79. The van der Waals surface area contributed by atoms with E-state index in [1.807, 2.05) is 6.92 Å². The van der Waals surface area contributed by atoms with Crippen LogP contribution in [0.4, 0.5) is 0 Å². The maximum absolute atomic E-state index is 5.79. The van der Waals surface area contributed by atoms with Gasteiger partial charge in [0.2, 0.25) is 0 Å². The molecule has 23 heavy (non-hydrogen) atoms. The summed E-state index contributed by atoms with van der Waals surface area (Å²) in [5.74, 6) is 0.906. The number of hydrogen-bond donors (Lipinski definition) is 1.